The zero-order valence-electron chi connectivity index (χ0n) is 17.2. The van der Waals surface area contributed by atoms with Crippen LogP contribution in [0.1, 0.15) is 45.0 Å². The molecule has 1 rings (SSSR count). The van der Waals surface area contributed by atoms with Gasteiger partial charge in [0.1, 0.15) is 5.69 Å². The van der Waals surface area contributed by atoms with Gasteiger partial charge >= 0.3 is 5.97 Å². The Labute approximate surface area is 165 Å². The highest BCUT2D eigenvalue weighted by atomic mass is 16.6. The molecule has 0 aromatic heterocycles. The van der Waals surface area contributed by atoms with Crippen LogP contribution < -0.4 is 5.32 Å². The molecule has 1 amide bonds. The van der Waals surface area contributed by atoms with E-state index in [-0.39, 0.29) is 34.9 Å². The fourth-order valence-electron chi connectivity index (χ4n) is 2.84. The summed E-state index contributed by atoms with van der Waals surface area (Å²) in [6, 6.07) is 3.90. The van der Waals surface area contributed by atoms with E-state index < -0.39 is 17.0 Å². The SMILES string of the molecule is COCCNc1ccc(C(=O)O[C@@H](C)C(=O)N(C(C)C)C(C)C)cc1[N+](=O)[O-]. The van der Waals surface area contributed by atoms with Crippen LogP contribution in [0, 0.1) is 10.1 Å². The predicted octanol–water partition coefficient (Wildman–Crippen LogP) is 2.84. The molecule has 1 N–H and O–H groups in total. The van der Waals surface area contributed by atoms with E-state index in [1.165, 1.54) is 26.2 Å². The minimum absolute atomic E-state index is 0.00397. The van der Waals surface area contributed by atoms with E-state index in [1.54, 1.807) is 4.90 Å². The van der Waals surface area contributed by atoms with E-state index in [9.17, 15) is 19.7 Å². The van der Waals surface area contributed by atoms with E-state index in [0.717, 1.165) is 6.07 Å². The van der Waals surface area contributed by atoms with Crippen molar-refractivity contribution in [3.05, 3.63) is 33.9 Å². The lowest BCUT2D eigenvalue weighted by molar-refractivity contribution is -0.384. The van der Waals surface area contributed by atoms with Crippen molar-refractivity contribution in [1.82, 2.24) is 4.90 Å². The summed E-state index contributed by atoms with van der Waals surface area (Å²) in [5.41, 5.74) is 0.0216. The second kappa shape index (κ2) is 10.6. The maximum Gasteiger partial charge on any atom is 0.339 e. The number of hydrogen-bond donors (Lipinski definition) is 1. The Balaban J connectivity index is 2.95. The summed E-state index contributed by atoms with van der Waals surface area (Å²) >= 11 is 0. The quantitative estimate of drug-likeness (QED) is 0.281. The third-order valence-electron chi connectivity index (χ3n) is 4.05. The summed E-state index contributed by atoms with van der Waals surface area (Å²) in [6.07, 6.45) is -1.00. The number of carbonyl (C=O) groups excluding carboxylic acids is 2. The van der Waals surface area contributed by atoms with Crippen molar-refractivity contribution in [1.29, 1.82) is 0 Å². The number of amides is 1. The molecule has 0 unspecified atom stereocenters. The van der Waals surface area contributed by atoms with Gasteiger partial charge in [-0.3, -0.25) is 14.9 Å². The predicted molar refractivity (Wildman–Crippen MR) is 105 cm³/mol. The molecular formula is C19H29N3O6. The molecule has 9 nitrogen and oxygen atoms in total. The number of benzene rings is 1. The van der Waals surface area contributed by atoms with Crippen molar-refractivity contribution in [2.24, 2.45) is 0 Å². The van der Waals surface area contributed by atoms with Crippen LogP contribution in [-0.2, 0) is 14.3 Å². The Morgan fingerprint density at radius 2 is 1.79 bits per heavy atom. The molecule has 156 valence electrons. The molecule has 0 aliphatic heterocycles. The number of nitrogens with one attached hydrogen (secondary N) is 1. The summed E-state index contributed by atoms with van der Waals surface area (Å²) in [5, 5.41) is 14.2. The first kappa shape index (κ1) is 23.4. The average molecular weight is 395 g/mol. The summed E-state index contributed by atoms with van der Waals surface area (Å²) in [7, 11) is 1.53. The fraction of sp³-hybridized carbons (Fsp3) is 0.579. The van der Waals surface area contributed by atoms with Crippen molar-refractivity contribution in [3.8, 4) is 0 Å². The molecule has 0 heterocycles. The van der Waals surface area contributed by atoms with Gasteiger partial charge in [-0.1, -0.05) is 0 Å². The van der Waals surface area contributed by atoms with E-state index in [4.69, 9.17) is 9.47 Å². The number of nitro benzene ring substituents is 1. The summed E-state index contributed by atoms with van der Waals surface area (Å²) in [5.74, 6) is -1.11. The van der Waals surface area contributed by atoms with E-state index >= 15 is 0 Å². The molecule has 0 bridgehead atoms. The molecule has 9 heteroatoms. The Morgan fingerprint density at radius 1 is 1.18 bits per heavy atom. The van der Waals surface area contributed by atoms with Crippen molar-refractivity contribution in [3.63, 3.8) is 0 Å². The molecular weight excluding hydrogens is 366 g/mol. The van der Waals surface area contributed by atoms with Crippen LogP contribution in [0.25, 0.3) is 0 Å². The Morgan fingerprint density at radius 3 is 2.29 bits per heavy atom. The van der Waals surface area contributed by atoms with Gasteiger partial charge in [-0.05, 0) is 46.8 Å². The molecule has 0 aliphatic carbocycles. The van der Waals surface area contributed by atoms with Crippen molar-refractivity contribution < 1.29 is 24.0 Å². The first-order valence-electron chi connectivity index (χ1n) is 9.14. The molecule has 0 saturated carbocycles. The lowest BCUT2D eigenvalue weighted by Crippen LogP contribution is -2.47. The molecule has 1 aromatic rings. The number of ether oxygens (including phenoxy) is 2. The number of nitrogens with zero attached hydrogens (tertiary/aromatic N) is 2. The monoisotopic (exact) mass is 395 g/mol. The lowest BCUT2D eigenvalue weighted by Gasteiger charge is -2.32. The minimum atomic E-state index is -1.00. The Kier molecular flexibility index (Phi) is 8.84. The second-order valence-electron chi connectivity index (χ2n) is 6.89. The highest BCUT2D eigenvalue weighted by molar-refractivity contribution is 5.93. The summed E-state index contributed by atoms with van der Waals surface area (Å²) in [6.45, 7) is 9.77. The normalized spacial score (nSPS) is 12.0. The van der Waals surface area contributed by atoms with Gasteiger partial charge in [0.2, 0.25) is 0 Å². The van der Waals surface area contributed by atoms with Crippen LogP contribution in [0.5, 0.6) is 0 Å². The maximum atomic E-state index is 12.6. The van der Waals surface area contributed by atoms with Gasteiger partial charge in [0.15, 0.2) is 6.10 Å². The summed E-state index contributed by atoms with van der Waals surface area (Å²) in [4.78, 5) is 37.4. The van der Waals surface area contributed by atoms with Gasteiger partial charge in [0, 0.05) is 31.8 Å². The molecule has 0 aliphatic rings. The van der Waals surface area contributed by atoms with Crippen molar-refractivity contribution >= 4 is 23.3 Å². The number of anilines is 1. The van der Waals surface area contributed by atoms with Gasteiger partial charge in [-0.25, -0.2) is 4.79 Å². The van der Waals surface area contributed by atoms with Gasteiger partial charge in [0.25, 0.3) is 11.6 Å². The third-order valence-corrected chi connectivity index (χ3v) is 4.05. The maximum absolute atomic E-state index is 12.6. The number of hydrogen-bond acceptors (Lipinski definition) is 7. The van der Waals surface area contributed by atoms with Crippen LogP contribution in [0.3, 0.4) is 0 Å². The standard InChI is InChI=1S/C19H29N3O6/c1-12(2)21(13(3)4)18(23)14(5)28-19(24)15-7-8-16(20-9-10-27-6)17(11-15)22(25)26/h7-8,11-14,20H,9-10H2,1-6H3/t14-/m0/s1. The number of esters is 1. The smallest absolute Gasteiger partial charge is 0.339 e. The molecule has 1 atom stereocenters. The molecule has 0 radical (unpaired) electrons. The molecule has 0 saturated heterocycles. The second-order valence-corrected chi connectivity index (χ2v) is 6.89. The Bertz CT molecular complexity index is 697. The first-order valence-corrected chi connectivity index (χ1v) is 9.14. The molecule has 1 aromatic carbocycles. The zero-order valence-corrected chi connectivity index (χ0v) is 17.2. The number of carbonyl (C=O) groups is 2. The number of nitro groups is 1. The lowest BCUT2D eigenvalue weighted by atomic mass is 10.1. The third kappa shape index (κ3) is 6.19. The van der Waals surface area contributed by atoms with E-state index in [2.05, 4.69) is 5.32 Å². The topological polar surface area (TPSA) is 111 Å². The summed E-state index contributed by atoms with van der Waals surface area (Å²) < 4.78 is 10.2. The van der Waals surface area contributed by atoms with Crippen molar-refractivity contribution in [2.45, 2.75) is 52.8 Å². The first-order chi connectivity index (χ1) is 13.1. The van der Waals surface area contributed by atoms with Crippen LogP contribution in [0.4, 0.5) is 11.4 Å². The van der Waals surface area contributed by atoms with Crippen LogP contribution in [0.2, 0.25) is 0 Å². The van der Waals surface area contributed by atoms with Gasteiger partial charge in [-0.2, -0.15) is 0 Å². The van der Waals surface area contributed by atoms with Gasteiger partial charge in [-0.15, -0.1) is 0 Å². The Hall–Kier alpha value is -2.68. The minimum Gasteiger partial charge on any atom is -0.449 e. The van der Waals surface area contributed by atoms with Crippen LogP contribution in [0.15, 0.2) is 18.2 Å². The van der Waals surface area contributed by atoms with Crippen molar-refractivity contribution in [2.75, 3.05) is 25.6 Å². The number of methoxy groups -OCH3 is 1. The van der Waals surface area contributed by atoms with Gasteiger partial charge in [0.05, 0.1) is 17.1 Å². The van der Waals surface area contributed by atoms with E-state index in [1.807, 2.05) is 27.7 Å². The largest absolute Gasteiger partial charge is 0.449 e. The molecule has 28 heavy (non-hydrogen) atoms. The fourth-order valence-corrected chi connectivity index (χ4v) is 2.84. The van der Waals surface area contributed by atoms with Gasteiger partial charge < -0.3 is 19.7 Å². The van der Waals surface area contributed by atoms with E-state index in [0.29, 0.717) is 13.2 Å². The molecule has 0 spiro atoms. The van der Waals surface area contributed by atoms with Crippen LogP contribution >= 0.6 is 0 Å². The molecule has 0 fully saturated rings. The van der Waals surface area contributed by atoms with Crippen LogP contribution in [-0.4, -0.2) is 60.1 Å². The average Bonchev–Trinajstić information content (AvgIpc) is 2.61. The highest BCUT2D eigenvalue weighted by Crippen LogP contribution is 2.26. The number of rotatable bonds is 10. The highest BCUT2D eigenvalue weighted by Gasteiger charge is 2.28. The zero-order chi connectivity index (χ0) is 21.4.